The number of amides is 3. The molecule has 0 spiro atoms. The van der Waals surface area contributed by atoms with Crippen molar-refractivity contribution < 1.29 is 14.0 Å². The highest BCUT2D eigenvalue weighted by Gasteiger charge is 2.26. The summed E-state index contributed by atoms with van der Waals surface area (Å²) >= 11 is 1.62. The topological polar surface area (TPSA) is 87.5 Å². The molecule has 2 aromatic rings. The van der Waals surface area contributed by atoms with Gasteiger partial charge < -0.3 is 20.0 Å². The molecule has 1 saturated heterocycles. The van der Waals surface area contributed by atoms with Crippen LogP contribution in [0.2, 0.25) is 0 Å². The zero-order valence-corrected chi connectivity index (χ0v) is 16.8. The third-order valence-corrected chi connectivity index (χ3v) is 5.75. The van der Waals surface area contributed by atoms with Crippen molar-refractivity contribution >= 4 is 23.3 Å². The lowest BCUT2D eigenvalue weighted by Crippen LogP contribution is -2.49. The van der Waals surface area contributed by atoms with Crippen LogP contribution in [-0.2, 0) is 6.42 Å². The summed E-state index contributed by atoms with van der Waals surface area (Å²) in [5.41, 5.74) is 0.904. The summed E-state index contributed by atoms with van der Waals surface area (Å²) < 4.78 is 5.35. The van der Waals surface area contributed by atoms with E-state index in [1.165, 1.54) is 0 Å². The van der Waals surface area contributed by atoms with E-state index in [0.29, 0.717) is 24.6 Å². The highest BCUT2D eigenvalue weighted by molar-refractivity contribution is 7.09. The maximum Gasteiger partial charge on any atom is 0.317 e. The Kier molecular flexibility index (Phi) is 6.15. The Hall–Kier alpha value is -2.35. The van der Waals surface area contributed by atoms with Crippen LogP contribution < -0.4 is 10.6 Å². The van der Waals surface area contributed by atoms with E-state index in [0.717, 1.165) is 30.0 Å². The number of aryl methyl sites for hydroxylation is 2. The Balaban J connectivity index is 1.45. The van der Waals surface area contributed by atoms with Gasteiger partial charge >= 0.3 is 6.03 Å². The van der Waals surface area contributed by atoms with Crippen LogP contribution in [0.5, 0.6) is 0 Å². The number of nitrogens with one attached hydrogen (secondary N) is 2. The molecule has 2 N–H and O–H groups in total. The molecule has 1 aliphatic heterocycles. The summed E-state index contributed by atoms with van der Waals surface area (Å²) in [6, 6.07) is 3.30. The highest BCUT2D eigenvalue weighted by atomic mass is 32.1. The minimum atomic E-state index is -0.199. The molecule has 3 amide bonds. The van der Waals surface area contributed by atoms with Gasteiger partial charge in [-0.05, 0) is 45.2 Å². The molecule has 0 aromatic carbocycles. The van der Waals surface area contributed by atoms with Crippen molar-refractivity contribution in [3.63, 3.8) is 0 Å². The molecular weight excluding hydrogens is 364 g/mol. The average molecular weight is 391 g/mol. The van der Waals surface area contributed by atoms with E-state index in [4.69, 9.17) is 4.42 Å². The second kappa shape index (κ2) is 8.56. The standard InChI is InChI=1S/C19H26N4O3S/c1-4-17-22-15(11-27-17)13(3)20-19(25)23-9-7-14(8-10-23)21-18(24)16-6-5-12(2)26-16/h5-6,11,13-14H,4,7-10H2,1-3H3,(H,20,25)(H,21,24). The maximum atomic E-state index is 12.5. The van der Waals surface area contributed by atoms with Crippen molar-refractivity contribution in [3.8, 4) is 0 Å². The lowest BCUT2D eigenvalue weighted by Gasteiger charge is -2.33. The number of aromatic nitrogens is 1. The van der Waals surface area contributed by atoms with Gasteiger partial charge in [-0.15, -0.1) is 11.3 Å². The van der Waals surface area contributed by atoms with Crippen LogP contribution in [0.3, 0.4) is 0 Å². The number of furan rings is 1. The summed E-state index contributed by atoms with van der Waals surface area (Å²) in [6.45, 7) is 7.05. The van der Waals surface area contributed by atoms with Crippen LogP contribution in [0.1, 0.15) is 59.7 Å². The van der Waals surface area contributed by atoms with Crippen LogP contribution >= 0.6 is 11.3 Å². The Morgan fingerprint density at radius 1 is 1.37 bits per heavy atom. The molecule has 1 atom stereocenters. The Bertz CT molecular complexity index is 792. The summed E-state index contributed by atoms with van der Waals surface area (Å²) in [5, 5.41) is 9.08. The van der Waals surface area contributed by atoms with E-state index in [2.05, 4.69) is 22.5 Å². The smallest absolute Gasteiger partial charge is 0.317 e. The van der Waals surface area contributed by atoms with Crippen molar-refractivity contribution in [2.24, 2.45) is 0 Å². The van der Waals surface area contributed by atoms with Crippen molar-refractivity contribution in [1.82, 2.24) is 20.5 Å². The fourth-order valence-electron chi connectivity index (χ4n) is 3.08. The van der Waals surface area contributed by atoms with Gasteiger partial charge in [0.2, 0.25) is 0 Å². The minimum absolute atomic E-state index is 0.0510. The number of piperidine rings is 1. The van der Waals surface area contributed by atoms with E-state index in [1.54, 1.807) is 28.4 Å². The second-order valence-corrected chi connectivity index (χ2v) is 7.78. The SMILES string of the molecule is CCc1nc(C(C)NC(=O)N2CCC(NC(=O)c3ccc(C)o3)CC2)cs1. The molecule has 1 unspecified atom stereocenters. The van der Waals surface area contributed by atoms with Crippen LogP contribution in [0.15, 0.2) is 21.9 Å². The first-order chi connectivity index (χ1) is 13.0. The van der Waals surface area contributed by atoms with E-state index in [1.807, 2.05) is 19.2 Å². The van der Waals surface area contributed by atoms with Crippen LogP contribution in [0, 0.1) is 6.92 Å². The lowest BCUT2D eigenvalue weighted by atomic mass is 10.1. The molecule has 0 aliphatic carbocycles. The maximum absolute atomic E-state index is 12.5. The first-order valence-electron chi connectivity index (χ1n) is 9.33. The van der Waals surface area contributed by atoms with E-state index in [9.17, 15) is 9.59 Å². The molecule has 0 radical (unpaired) electrons. The monoisotopic (exact) mass is 390 g/mol. The lowest BCUT2D eigenvalue weighted by molar-refractivity contribution is 0.0888. The van der Waals surface area contributed by atoms with E-state index >= 15 is 0 Å². The Labute approximate surface area is 163 Å². The second-order valence-electron chi connectivity index (χ2n) is 6.84. The molecule has 0 saturated carbocycles. The minimum Gasteiger partial charge on any atom is -0.456 e. The largest absolute Gasteiger partial charge is 0.456 e. The molecule has 7 nitrogen and oxygen atoms in total. The van der Waals surface area contributed by atoms with E-state index in [-0.39, 0.29) is 24.0 Å². The summed E-state index contributed by atoms with van der Waals surface area (Å²) in [6.07, 6.45) is 2.36. The average Bonchev–Trinajstić information content (AvgIpc) is 3.31. The van der Waals surface area contributed by atoms with Crippen molar-refractivity contribution in [2.75, 3.05) is 13.1 Å². The summed E-state index contributed by atoms with van der Waals surface area (Å²) in [4.78, 5) is 31.0. The van der Waals surface area contributed by atoms with Gasteiger partial charge in [-0.1, -0.05) is 6.92 Å². The van der Waals surface area contributed by atoms with Gasteiger partial charge in [-0.3, -0.25) is 4.79 Å². The van der Waals surface area contributed by atoms with Gasteiger partial charge in [-0.2, -0.15) is 0 Å². The van der Waals surface area contributed by atoms with Gasteiger partial charge in [0, 0.05) is 24.5 Å². The van der Waals surface area contributed by atoms with Gasteiger partial charge in [0.05, 0.1) is 16.7 Å². The molecule has 8 heteroatoms. The number of rotatable bonds is 5. The molecule has 27 heavy (non-hydrogen) atoms. The summed E-state index contributed by atoms with van der Waals surface area (Å²) in [7, 11) is 0. The van der Waals surface area contributed by atoms with Crippen molar-refractivity contribution in [3.05, 3.63) is 39.7 Å². The number of hydrogen-bond acceptors (Lipinski definition) is 5. The fraction of sp³-hybridized carbons (Fsp3) is 0.526. The van der Waals surface area contributed by atoms with Crippen molar-refractivity contribution in [1.29, 1.82) is 0 Å². The molecule has 1 aliphatic rings. The normalized spacial score (nSPS) is 16.2. The first-order valence-corrected chi connectivity index (χ1v) is 10.2. The number of hydrogen-bond donors (Lipinski definition) is 2. The first kappa shape index (κ1) is 19.4. The molecule has 0 bridgehead atoms. The number of carbonyl (C=O) groups is 2. The number of urea groups is 1. The summed E-state index contributed by atoms with van der Waals surface area (Å²) in [5.74, 6) is 0.845. The zero-order valence-electron chi connectivity index (χ0n) is 15.9. The fourth-order valence-corrected chi connectivity index (χ4v) is 3.92. The molecule has 2 aromatic heterocycles. The van der Waals surface area contributed by atoms with Crippen molar-refractivity contribution in [2.45, 2.75) is 52.1 Å². The van der Waals surface area contributed by atoms with Gasteiger partial charge in [0.25, 0.3) is 5.91 Å². The van der Waals surface area contributed by atoms with E-state index < -0.39 is 0 Å². The molecular formula is C19H26N4O3S. The molecule has 3 rings (SSSR count). The van der Waals surface area contributed by atoms with Gasteiger partial charge in [0.1, 0.15) is 5.76 Å². The highest BCUT2D eigenvalue weighted by Crippen LogP contribution is 2.18. The van der Waals surface area contributed by atoms with Crippen LogP contribution in [0.25, 0.3) is 0 Å². The molecule has 146 valence electrons. The molecule has 3 heterocycles. The Morgan fingerprint density at radius 2 is 2.11 bits per heavy atom. The number of likely N-dealkylation sites (tertiary alicyclic amines) is 1. The number of carbonyl (C=O) groups excluding carboxylic acids is 2. The van der Waals surface area contributed by atoms with Crippen LogP contribution in [-0.4, -0.2) is 41.0 Å². The number of thiazole rings is 1. The quantitative estimate of drug-likeness (QED) is 0.820. The third kappa shape index (κ3) is 4.88. The third-order valence-electron chi connectivity index (χ3n) is 4.74. The predicted octanol–water partition coefficient (Wildman–Crippen LogP) is 3.27. The van der Waals surface area contributed by atoms with Gasteiger partial charge in [0.15, 0.2) is 5.76 Å². The molecule has 1 fully saturated rings. The Morgan fingerprint density at radius 3 is 2.70 bits per heavy atom. The number of nitrogens with zero attached hydrogens (tertiary/aromatic N) is 2. The van der Waals surface area contributed by atoms with Gasteiger partial charge in [-0.25, -0.2) is 9.78 Å². The van der Waals surface area contributed by atoms with Crippen LogP contribution in [0.4, 0.5) is 4.79 Å². The predicted molar refractivity (Wildman–Crippen MR) is 104 cm³/mol. The zero-order chi connectivity index (χ0) is 19.4.